The van der Waals surface area contributed by atoms with Crippen LogP contribution in [0.15, 0.2) is 0 Å². The van der Waals surface area contributed by atoms with Crippen LogP contribution in [0.25, 0.3) is 0 Å². The van der Waals surface area contributed by atoms with Gasteiger partial charge in [-0.2, -0.15) is 0 Å². The van der Waals surface area contributed by atoms with Gasteiger partial charge in [-0.1, -0.05) is 41.5 Å². The van der Waals surface area contributed by atoms with Crippen LogP contribution in [-0.2, 0) is 3.63 Å². The van der Waals surface area contributed by atoms with Gasteiger partial charge in [-0.25, -0.2) is 0 Å². The first kappa shape index (κ1) is 13.9. The molecule has 0 unspecified atom stereocenters. The minimum Gasteiger partial charge on any atom is -0.254 e. The lowest BCUT2D eigenvalue weighted by Gasteiger charge is -2.39. The molecular formula is C9H21ClOS2. The van der Waals surface area contributed by atoms with Gasteiger partial charge in [0.15, 0.2) is 0 Å². The maximum absolute atomic E-state index is 6.49. The van der Waals surface area contributed by atoms with E-state index < -0.39 is 9.52 Å². The Morgan fingerprint density at radius 3 is 1.62 bits per heavy atom. The highest BCUT2D eigenvalue weighted by Gasteiger charge is 2.31. The van der Waals surface area contributed by atoms with Crippen molar-refractivity contribution < 1.29 is 3.63 Å². The van der Waals surface area contributed by atoms with E-state index in [9.17, 15) is 0 Å². The van der Waals surface area contributed by atoms with Crippen LogP contribution < -0.4 is 0 Å². The summed E-state index contributed by atoms with van der Waals surface area (Å²) in [5, 5.41) is 1.28. The molecule has 0 atom stereocenters. The molecule has 0 fully saturated rings. The second kappa shape index (κ2) is 5.74. The summed E-state index contributed by atoms with van der Waals surface area (Å²) in [6.07, 6.45) is 0. The first-order valence-electron chi connectivity index (χ1n) is 4.66. The fraction of sp³-hybridized carbons (Fsp3) is 1.00. The molecule has 0 aromatic carbocycles. The van der Waals surface area contributed by atoms with Crippen LogP contribution >= 0.6 is 32.2 Å². The lowest BCUT2D eigenvalue weighted by atomic mass is 10.5. The Balaban J connectivity index is 4.25. The summed E-state index contributed by atoms with van der Waals surface area (Å²) >= 11 is 1.50. The topological polar surface area (TPSA) is 9.23 Å². The Bertz CT molecular complexity index is 141. The van der Waals surface area contributed by atoms with Gasteiger partial charge in [0, 0.05) is 27.8 Å². The Hall–Kier alpha value is 0.950. The Kier molecular flexibility index (Phi) is 6.16. The SMILES string of the molecule is CC(C)SOS(Cl)(C(C)C)C(C)C. The Morgan fingerprint density at radius 1 is 1.00 bits per heavy atom. The lowest BCUT2D eigenvalue weighted by molar-refractivity contribution is 0.694. The van der Waals surface area contributed by atoms with Crippen molar-refractivity contribution in [2.24, 2.45) is 0 Å². The summed E-state index contributed by atoms with van der Waals surface area (Å²) in [6.45, 7) is 12.7. The highest BCUT2D eigenvalue weighted by molar-refractivity contribution is 8.50. The zero-order valence-corrected chi connectivity index (χ0v) is 11.7. The molecule has 0 aliphatic rings. The van der Waals surface area contributed by atoms with E-state index in [4.69, 9.17) is 14.3 Å². The summed E-state index contributed by atoms with van der Waals surface area (Å²) in [5.41, 5.74) is 0. The van der Waals surface area contributed by atoms with Crippen LogP contribution in [-0.4, -0.2) is 15.7 Å². The minimum atomic E-state index is -1.43. The summed E-state index contributed by atoms with van der Waals surface area (Å²) < 4.78 is 5.78. The van der Waals surface area contributed by atoms with Crippen LogP contribution in [0.3, 0.4) is 0 Å². The summed E-state index contributed by atoms with van der Waals surface area (Å²) in [4.78, 5) is 0. The van der Waals surface area contributed by atoms with E-state index in [1.54, 1.807) is 0 Å². The number of hydrogen-bond acceptors (Lipinski definition) is 2. The van der Waals surface area contributed by atoms with Crippen molar-refractivity contribution in [3.05, 3.63) is 0 Å². The fourth-order valence-electron chi connectivity index (χ4n) is 0.840. The molecule has 0 amide bonds. The van der Waals surface area contributed by atoms with Crippen molar-refractivity contribution in [3.8, 4) is 0 Å². The zero-order valence-electron chi connectivity index (χ0n) is 9.33. The van der Waals surface area contributed by atoms with Gasteiger partial charge in [-0.15, -0.1) is 0 Å². The first-order valence-corrected chi connectivity index (χ1v) is 7.97. The van der Waals surface area contributed by atoms with Gasteiger partial charge in [0.1, 0.15) is 0 Å². The molecule has 0 spiro atoms. The molecule has 0 aliphatic heterocycles. The van der Waals surface area contributed by atoms with Crippen molar-refractivity contribution in [3.63, 3.8) is 0 Å². The second-order valence-electron chi connectivity index (χ2n) is 3.88. The molecule has 0 bridgehead atoms. The molecule has 0 radical (unpaired) electrons. The van der Waals surface area contributed by atoms with Crippen molar-refractivity contribution in [2.75, 3.05) is 0 Å². The van der Waals surface area contributed by atoms with Gasteiger partial charge in [0.25, 0.3) is 0 Å². The first-order chi connectivity index (χ1) is 5.80. The van der Waals surface area contributed by atoms with Crippen molar-refractivity contribution in [2.45, 2.75) is 57.3 Å². The molecule has 0 saturated heterocycles. The summed E-state index contributed by atoms with van der Waals surface area (Å²) in [6, 6.07) is 0. The molecule has 0 saturated carbocycles. The average Bonchev–Trinajstić information content (AvgIpc) is 1.99. The van der Waals surface area contributed by atoms with Crippen LogP contribution in [0.4, 0.5) is 0 Å². The largest absolute Gasteiger partial charge is 0.254 e. The molecule has 0 N–H and O–H groups in total. The van der Waals surface area contributed by atoms with E-state index in [0.29, 0.717) is 15.7 Å². The number of rotatable bonds is 5. The molecule has 13 heavy (non-hydrogen) atoms. The minimum absolute atomic E-state index is 0.403. The maximum atomic E-state index is 6.49. The Morgan fingerprint density at radius 2 is 1.38 bits per heavy atom. The van der Waals surface area contributed by atoms with Crippen LogP contribution in [0.1, 0.15) is 41.5 Å². The third-order valence-electron chi connectivity index (χ3n) is 1.62. The smallest absolute Gasteiger partial charge is 0.0267 e. The molecule has 0 rings (SSSR count). The zero-order chi connectivity index (χ0) is 10.6. The van der Waals surface area contributed by atoms with Crippen LogP contribution in [0, 0.1) is 0 Å². The normalized spacial score (nSPS) is 14.6. The van der Waals surface area contributed by atoms with Crippen molar-refractivity contribution in [1.82, 2.24) is 0 Å². The van der Waals surface area contributed by atoms with Gasteiger partial charge in [-0.3, -0.25) is 3.63 Å². The Labute approximate surface area is 93.2 Å². The molecule has 1 nitrogen and oxygen atoms in total. The fourth-order valence-corrected chi connectivity index (χ4v) is 4.56. The molecule has 0 aliphatic carbocycles. The van der Waals surface area contributed by atoms with E-state index in [-0.39, 0.29) is 0 Å². The van der Waals surface area contributed by atoms with E-state index in [1.807, 2.05) is 0 Å². The molecule has 0 aromatic rings. The predicted octanol–water partition coefficient (Wildman–Crippen LogP) is 4.75. The van der Waals surface area contributed by atoms with E-state index in [2.05, 4.69) is 41.5 Å². The maximum Gasteiger partial charge on any atom is 0.0267 e. The average molecular weight is 245 g/mol. The molecule has 82 valence electrons. The molecular weight excluding hydrogens is 224 g/mol. The van der Waals surface area contributed by atoms with Gasteiger partial charge < -0.3 is 0 Å². The number of hydrogen-bond donors (Lipinski definition) is 0. The van der Waals surface area contributed by atoms with Gasteiger partial charge in [-0.05, 0) is 20.2 Å². The standard InChI is InChI=1S/C9H21ClOS2/c1-7(2)12-11-13(10,8(3)4)9(5)6/h7-9H,1-6H3. The van der Waals surface area contributed by atoms with Crippen molar-refractivity contribution >= 4 is 32.2 Å². The highest BCUT2D eigenvalue weighted by Crippen LogP contribution is 2.64. The van der Waals surface area contributed by atoms with E-state index in [1.165, 1.54) is 12.0 Å². The summed E-state index contributed by atoms with van der Waals surface area (Å²) in [7, 11) is 5.06. The molecule has 0 heterocycles. The van der Waals surface area contributed by atoms with Gasteiger partial charge in [0.05, 0.1) is 0 Å². The number of halogens is 1. The van der Waals surface area contributed by atoms with Gasteiger partial charge in [0.2, 0.25) is 0 Å². The molecule has 4 heteroatoms. The lowest BCUT2D eigenvalue weighted by Crippen LogP contribution is -2.16. The highest BCUT2D eigenvalue weighted by atomic mass is 35.7. The molecule has 0 aromatic heterocycles. The van der Waals surface area contributed by atoms with E-state index >= 15 is 0 Å². The quantitative estimate of drug-likeness (QED) is 0.646. The monoisotopic (exact) mass is 244 g/mol. The second-order valence-corrected chi connectivity index (χ2v) is 10.0. The van der Waals surface area contributed by atoms with Crippen LogP contribution in [0.5, 0.6) is 0 Å². The third kappa shape index (κ3) is 4.32. The van der Waals surface area contributed by atoms with Gasteiger partial charge >= 0.3 is 0 Å². The van der Waals surface area contributed by atoms with Crippen LogP contribution in [0.2, 0.25) is 0 Å². The van der Waals surface area contributed by atoms with Crippen molar-refractivity contribution in [1.29, 1.82) is 0 Å². The summed E-state index contributed by atoms with van der Waals surface area (Å²) in [5.74, 6) is 0. The third-order valence-corrected chi connectivity index (χ3v) is 8.33. The predicted molar refractivity (Wildman–Crippen MR) is 67.5 cm³/mol. The van der Waals surface area contributed by atoms with E-state index in [0.717, 1.165) is 0 Å².